The summed E-state index contributed by atoms with van der Waals surface area (Å²) in [6.07, 6.45) is -2.26. The maximum Gasteiger partial charge on any atom is 0.433 e. The van der Waals surface area contributed by atoms with Gasteiger partial charge in [0.15, 0.2) is 5.65 Å². The van der Waals surface area contributed by atoms with Gasteiger partial charge in [-0.25, -0.2) is 9.36 Å². The predicted molar refractivity (Wildman–Crippen MR) is 68.9 cm³/mol. The smallest absolute Gasteiger partial charge is 0.267 e. The zero-order chi connectivity index (χ0) is 15.9. The van der Waals surface area contributed by atoms with Crippen LogP contribution in [0, 0.1) is 0 Å². The van der Waals surface area contributed by atoms with E-state index >= 15 is 0 Å². The van der Waals surface area contributed by atoms with E-state index in [9.17, 15) is 18.0 Å². The highest BCUT2D eigenvalue weighted by molar-refractivity contribution is 5.72. The molecular formula is C12H9F3N6O. The summed E-state index contributed by atoms with van der Waals surface area (Å²) in [5, 5.41) is 11.5. The maximum absolute atomic E-state index is 12.9. The fraction of sp³-hybridized carbons (Fsp3) is 0.250. The number of hydrogen-bond acceptors (Lipinski definition) is 5. The highest BCUT2D eigenvalue weighted by atomic mass is 19.4. The molecule has 0 unspecified atom stereocenters. The third-order valence-electron chi connectivity index (χ3n) is 3.10. The minimum Gasteiger partial charge on any atom is -0.267 e. The van der Waals surface area contributed by atoms with Gasteiger partial charge in [0.25, 0.3) is 5.56 Å². The zero-order valence-corrected chi connectivity index (χ0v) is 11.2. The monoisotopic (exact) mass is 310 g/mol. The average Bonchev–Trinajstić information content (AvgIpc) is 2.84. The van der Waals surface area contributed by atoms with Crippen molar-refractivity contribution >= 4 is 11.0 Å². The number of alkyl halides is 3. The molecule has 0 N–H and O–H groups in total. The molecule has 0 amide bonds. The molecule has 0 spiro atoms. The summed E-state index contributed by atoms with van der Waals surface area (Å²) in [5.74, 6) is 0. The first-order valence-corrected chi connectivity index (χ1v) is 6.14. The van der Waals surface area contributed by atoms with Crippen molar-refractivity contribution in [1.29, 1.82) is 0 Å². The summed E-state index contributed by atoms with van der Waals surface area (Å²) < 4.78 is 40.9. The van der Waals surface area contributed by atoms with E-state index in [1.54, 1.807) is 7.05 Å². The van der Waals surface area contributed by atoms with Gasteiger partial charge in [-0.2, -0.15) is 18.3 Å². The van der Waals surface area contributed by atoms with E-state index in [-0.39, 0.29) is 23.1 Å². The van der Waals surface area contributed by atoms with Crippen LogP contribution in [0.15, 0.2) is 29.3 Å². The predicted octanol–water partition coefficient (Wildman–Crippen LogP) is 0.987. The summed E-state index contributed by atoms with van der Waals surface area (Å²) in [6, 6.07) is 2.61. The van der Waals surface area contributed by atoms with Crippen molar-refractivity contribution < 1.29 is 13.2 Å². The lowest BCUT2D eigenvalue weighted by Crippen LogP contribution is -2.26. The molecular weight excluding hydrogens is 301 g/mol. The Labute approximate surface area is 121 Å². The van der Waals surface area contributed by atoms with Crippen molar-refractivity contribution in [3.63, 3.8) is 0 Å². The van der Waals surface area contributed by atoms with Crippen LogP contribution in [0.3, 0.4) is 0 Å². The van der Waals surface area contributed by atoms with Crippen molar-refractivity contribution in [3.8, 4) is 0 Å². The molecule has 0 aliphatic rings. The normalized spacial score (nSPS) is 12.0. The van der Waals surface area contributed by atoms with Crippen molar-refractivity contribution in [2.24, 2.45) is 7.05 Å². The Morgan fingerprint density at radius 3 is 2.82 bits per heavy atom. The minimum atomic E-state index is -4.61. The summed E-state index contributed by atoms with van der Waals surface area (Å²) in [7, 11) is 1.59. The van der Waals surface area contributed by atoms with Gasteiger partial charge in [-0.15, -0.1) is 5.10 Å². The molecule has 0 aromatic carbocycles. The third kappa shape index (κ3) is 2.32. The molecule has 3 aromatic heterocycles. The van der Waals surface area contributed by atoms with Crippen LogP contribution in [0.5, 0.6) is 0 Å². The van der Waals surface area contributed by atoms with Crippen LogP contribution in [0.1, 0.15) is 11.3 Å². The number of aryl methyl sites for hydroxylation is 1. The van der Waals surface area contributed by atoms with E-state index in [0.717, 1.165) is 10.9 Å². The van der Waals surface area contributed by atoms with Gasteiger partial charge in [0.05, 0.1) is 12.7 Å². The second-order valence-corrected chi connectivity index (χ2v) is 4.57. The highest BCUT2D eigenvalue weighted by Gasteiger charge is 2.35. The van der Waals surface area contributed by atoms with Crippen LogP contribution in [-0.2, 0) is 19.8 Å². The molecule has 0 aliphatic carbocycles. The Bertz CT molecular complexity index is 898. The first-order valence-electron chi connectivity index (χ1n) is 6.14. The molecule has 3 heterocycles. The van der Waals surface area contributed by atoms with Crippen molar-refractivity contribution in [1.82, 2.24) is 29.8 Å². The number of nitrogens with zero attached hydrogens (tertiary/aromatic N) is 6. The lowest BCUT2D eigenvalue weighted by molar-refractivity contribution is -0.141. The van der Waals surface area contributed by atoms with E-state index < -0.39 is 17.4 Å². The first kappa shape index (κ1) is 14.2. The molecule has 3 aromatic rings. The van der Waals surface area contributed by atoms with Gasteiger partial charge in [0.2, 0.25) is 0 Å². The van der Waals surface area contributed by atoms with Gasteiger partial charge in [-0.3, -0.25) is 9.78 Å². The number of halogens is 3. The molecule has 0 aliphatic heterocycles. The first-order chi connectivity index (χ1) is 10.4. The Morgan fingerprint density at radius 1 is 1.32 bits per heavy atom. The molecule has 0 saturated heterocycles. The van der Waals surface area contributed by atoms with Gasteiger partial charge in [-0.05, 0) is 6.07 Å². The van der Waals surface area contributed by atoms with Crippen molar-refractivity contribution in [3.05, 3.63) is 46.1 Å². The molecule has 0 atom stereocenters. The SMILES string of the molecule is Cn1ncc2c(=O)n(Cc3cccnc3C(F)(F)F)nnc21. The van der Waals surface area contributed by atoms with E-state index in [2.05, 4.69) is 20.4 Å². The minimum absolute atomic E-state index is 0.158. The molecule has 0 saturated carbocycles. The number of rotatable bonds is 2. The van der Waals surface area contributed by atoms with Crippen LogP contribution in [-0.4, -0.2) is 29.8 Å². The van der Waals surface area contributed by atoms with Gasteiger partial charge in [0.1, 0.15) is 11.1 Å². The fourth-order valence-electron chi connectivity index (χ4n) is 2.06. The third-order valence-corrected chi connectivity index (χ3v) is 3.10. The van der Waals surface area contributed by atoms with E-state index in [1.807, 2.05) is 0 Å². The van der Waals surface area contributed by atoms with Crippen LogP contribution in [0.4, 0.5) is 13.2 Å². The fourth-order valence-corrected chi connectivity index (χ4v) is 2.06. The Morgan fingerprint density at radius 2 is 2.09 bits per heavy atom. The van der Waals surface area contributed by atoms with Crippen molar-refractivity contribution in [2.45, 2.75) is 12.7 Å². The topological polar surface area (TPSA) is 78.5 Å². The summed E-state index contributed by atoms with van der Waals surface area (Å²) in [4.78, 5) is 15.5. The van der Waals surface area contributed by atoms with Crippen LogP contribution >= 0.6 is 0 Å². The average molecular weight is 310 g/mol. The molecule has 114 valence electrons. The quantitative estimate of drug-likeness (QED) is 0.705. The van der Waals surface area contributed by atoms with E-state index in [0.29, 0.717) is 0 Å². The molecule has 7 nitrogen and oxygen atoms in total. The van der Waals surface area contributed by atoms with Crippen LogP contribution in [0.2, 0.25) is 0 Å². The maximum atomic E-state index is 12.9. The largest absolute Gasteiger partial charge is 0.433 e. The standard InChI is InChI=1S/C12H9F3N6O/c1-20-10-8(5-17-20)11(22)21(19-18-10)6-7-3-2-4-16-9(7)12(13,14)15/h2-5H,6H2,1H3. The van der Waals surface area contributed by atoms with Crippen LogP contribution < -0.4 is 5.56 Å². The number of pyridine rings is 1. The van der Waals surface area contributed by atoms with Gasteiger partial charge < -0.3 is 0 Å². The molecule has 3 rings (SSSR count). The van der Waals surface area contributed by atoms with Gasteiger partial charge >= 0.3 is 6.18 Å². The van der Waals surface area contributed by atoms with Crippen molar-refractivity contribution in [2.75, 3.05) is 0 Å². The lowest BCUT2D eigenvalue weighted by atomic mass is 10.2. The Hall–Kier alpha value is -2.78. The molecule has 0 bridgehead atoms. The highest BCUT2D eigenvalue weighted by Crippen LogP contribution is 2.30. The summed E-state index contributed by atoms with van der Waals surface area (Å²) in [5.41, 5.74) is -1.50. The summed E-state index contributed by atoms with van der Waals surface area (Å²) >= 11 is 0. The number of fused-ring (bicyclic) bond motifs is 1. The molecule has 0 radical (unpaired) electrons. The zero-order valence-electron chi connectivity index (χ0n) is 11.2. The van der Waals surface area contributed by atoms with Gasteiger partial charge in [0, 0.05) is 18.8 Å². The summed E-state index contributed by atoms with van der Waals surface area (Å²) in [6.45, 7) is -0.376. The van der Waals surface area contributed by atoms with E-state index in [4.69, 9.17) is 0 Å². The second-order valence-electron chi connectivity index (χ2n) is 4.57. The molecule has 0 fully saturated rings. The second kappa shape index (κ2) is 4.90. The van der Waals surface area contributed by atoms with Gasteiger partial charge in [-0.1, -0.05) is 11.3 Å². The Kier molecular flexibility index (Phi) is 3.15. The number of aromatic nitrogens is 6. The van der Waals surface area contributed by atoms with Crippen LogP contribution in [0.25, 0.3) is 11.0 Å². The number of hydrogen-bond donors (Lipinski definition) is 0. The molecule has 10 heteroatoms. The molecule has 22 heavy (non-hydrogen) atoms. The lowest BCUT2D eigenvalue weighted by Gasteiger charge is -2.11. The Balaban J connectivity index is 2.08. The van der Waals surface area contributed by atoms with E-state index in [1.165, 1.54) is 23.0 Å².